The highest BCUT2D eigenvalue weighted by Crippen LogP contribution is 2.44. The molecule has 1 aliphatic rings. The van der Waals surface area contributed by atoms with Crippen molar-refractivity contribution in [2.45, 2.75) is 52.4 Å². The van der Waals surface area contributed by atoms with E-state index >= 15 is 0 Å². The molecule has 0 spiro atoms. The van der Waals surface area contributed by atoms with Crippen LogP contribution in [0.4, 0.5) is 0 Å². The lowest BCUT2D eigenvalue weighted by molar-refractivity contribution is -0.174. The quantitative estimate of drug-likeness (QED) is 0.574. The predicted octanol–water partition coefficient (Wildman–Crippen LogP) is 2.61. The first-order valence-electron chi connectivity index (χ1n) is 6.50. The van der Waals surface area contributed by atoms with Gasteiger partial charge in [-0.1, -0.05) is 26.2 Å². The average molecular weight is 242 g/mol. The van der Waals surface area contributed by atoms with Crippen molar-refractivity contribution in [3.63, 3.8) is 0 Å². The fourth-order valence-corrected chi connectivity index (χ4v) is 2.91. The first kappa shape index (κ1) is 14.0. The second kappa shape index (κ2) is 6.03. The molecule has 1 aliphatic carbocycles. The summed E-state index contributed by atoms with van der Waals surface area (Å²) in [6, 6.07) is 0. The molecule has 1 atom stereocenters. The van der Waals surface area contributed by atoms with Crippen molar-refractivity contribution in [1.29, 1.82) is 0 Å². The van der Waals surface area contributed by atoms with Gasteiger partial charge < -0.3 is 9.84 Å². The van der Waals surface area contributed by atoms with Gasteiger partial charge in [0.15, 0.2) is 5.41 Å². The van der Waals surface area contributed by atoms with Crippen LogP contribution in [0.1, 0.15) is 52.4 Å². The summed E-state index contributed by atoms with van der Waals surface area (Å²) in [5.74, 6) is -1.61. The van der Waals surface area contributed by atoms with Gasteiger partial charge in [-0.05, 0) is 32.1 Å². The molecular weight excluding hydrogens is 220 g/mol. The van der Waals surface area contributed by atoms with Crippen molar-refractivity contribution in [3.05, 3.63) is 0 Å². The lowest BCUT2D eigenvalue weighted by atomic mass is 9.71. The molecule has 1 fully saturated rings. The first-order chi connectivity index (χ1) is 8.09. The van der Waals surface area contributed by atoms with Crippen LogP contribution < -0.4 is 0 Å². The van der Waals surface area contributed by atoms with Gasteiger partial charge in [-0.25, -0.2) is 0 Å². The molecular formula is C13H22O4. The van der Waals surface area contributed by atoms with Crippen molar-refractivity contribution < 1.29 is 19.4 Å². The third-order valence-electron chi connectivity index (χ3n) is 3.72. The van der Waals surface area contributed by atoms with Crippen LogP contribution in [0.15, 0.2) is 0 Å². The molecule has 0 aromatic heterocycles. The van der Waals surface area contributed by atoms with E-state index in [1.807, 2.05) is 6.92 Å². The Morgan fingerprint density at radius 2 is 1.88 bits per heavy atom. The summed E-state index contributed by atoms with van der Waals surface area (Å²) in [5, 5.41) is 9.51. The van der Waals surface area contributed by atoms with Gasteiger partial charge in [-0.3, -0.25) is 9.59 Å². The van der Waals surface area contributed by atoms with Gasteiger partial charge >= 0.3 is 11.9 Å². The van der Waals surface area contributed by atoms with Crippen LogP contribution in [0.5, 0.6) is 0 Å². The summed E-state index contributed by atoms with van der Waals surface area (Å²) in [6.45, 7) is 3.86. The number of esters is 1. The van der Waals surface area contributed by atoms with E-state index in [2.05, 4.69) is 0 Å². The van der Waals surface area contributed by atoms with Gasteiger partial charge in [-0.2, -0.15) is 0 Å². The molecule has 0 amide bonds. The number of carboxylic acid groups (broad SMARTS) is 1. The number of aliphatic carboxylic acids is 1. The number of carbonyl (C=O) groups is 2. The van der Waals surface area contributed by atoms with Crippen LogP contribution in [-0.4, -0.2) is 23.7 Å². The van der Waals surface area contributed by atoms with E-state index in [1.54, 1.807) is 6.92 Å². The average Bonchev–Trinajstić information content (AvgIpc) is 2.79. The van der Waals surface area contributed by atoms with Gasteiger partial charge in [0.05, 0.1) is 6.61 Å². The molecule has 0 saturated heterocycles. The molecule has 4 nitrogen and oxygen atoms in total. The zero-order valence-electron chi connectivity index (χ0n) is 10.7. The first-order valence-corrected chi connectivity index (χ1v) is 6.50. The Balaban J connectivity index is 3.01. The van der Waals surface area contributed by atoms with Crippen LogP contribution in [0, 0.1) is 11.3 Å². The molecule has 17 heavy (non-hydrogen) atoms. The smallest absolute Gasteiger partial charge is 0.323 e. The Labute approximate surface area is 102 Å². The maximum atomic E-state index is 12.1. The van der Waals surface area contributed by atoms with Gasteiger partial charge in [0.1, 0.15) is 0 Å². The summed E-state index contributed by atoms with van der Waals surface area (Å²) < 4.78 is 5.01. The standard InChI is InChI=1S/C13H22O4/c1-3-9-13(11(14)15,12(16)17-4-2)10-7-5-6-8-10/h10H,3-9H2,1-2H3,(H,14,15). The molecule has 1 N–H and O–H groups in total. The fraction of sp³-hybridized carbons (Fsp3) is 0.846. The highest BCUT2D eigenvalue weighted by molar-refractivity contribution is 5.99. The van der Waals surface area contributed by atoms with Gasteiger partial charge in [0.2, 0.25) is 0 Å². The molecule has 1 saturated carbocycles. The molecule has 0 aromatic rings. The monoisotopic (exact) mass is 242 g/mol. The van der Waals surface area contributed by atoms with Gasteiger partial charge in [-0.15, -0.1) is 0 Å². The summed E-state index contributed by atoms with van der Waals surface area (Å²) >= 11 is 0. The third kappa shape index (κ3) is 2.61. The molecule has 0 bridgehead atoms. The Morgan fingerprint density at radius 1 is 1.29 bits per heavy atom. The molecule has 4 heteroatoms. The molecule has 0 aromatic carbocycles. The van der Waals surface area contributed by atoms with Crippen LogP contribution >= 0.6 is 0 Å². The number of carboxylic acids is 1. The predicted molar refractivity (Wildman–Crippen MR) is 63.6 cm³/mol. The molecule has 0 radical (unpaired) electrons. The van der Waals surface area contributed by atoms with Crippen LogP contribution in [0.2, 0.25) is 0 Å². The van der Waals surface area contributed by atoms with E-state index in [0.29, 0.717) is 12.8 Å². The Hall–Kier alpha value is -1.06. The lowest BCUT2D eigenvalue weighted by Crippen LogP contribution is -2.46. The Morgan fingerprint density at radius 3 is 2.29 bits per heavy atom. The summed E-state index contributed by atoms with van der Waals surface area (Å²) in [4.78, 5) is 23.7. The van der Waals surface area contributed by atoms with Gasteiger partial charge in [0, 0.05) is 0 Å². The fourth-order valence-electron chi connectivity index (χ4n) is 2.91. The molecule has 98 valence electrons. The second-order valence-corrected chi connectivity index (χ2v) is 4.73. The van der Waals surface area contributed by atoms with Crippen molar-refractivity contribution in [2.75, 3.05) is 6.61 Å². The number of carbonyl (C=O) groups excluding carboxylic acids is 1. The SMILES string of the molecule is CCCC(C(=O)O)(C(=O)OCC)C1CCCC1. The van der Waals surface area contributed by atoms with E-state index in [4.69, 9.17) is 4.74 Å². The Bertz CT molecular complexity index is 281. The highest BCUT2D eigenvalue weighted by Gasteiger charge is 2.53. The maximum Gasteiger partial charge on any atom is 0.323 e. The van der Waals surface area contributed by atoms with E-state index in [-0.39, 0.29) is 12.5 Å². The third-order valence-corrected chi connectivity index (χ3v) is 3.72. The minimum Gasteiger partial charge on any atom is -0.480 e. The summed E-state index contributed by atoms with van der Waals surface area (Å²) in [7, 11) is 0. The highest BCUT2D eigenvalue weighted by atomic mass is 16.5. The van der Waals surface area contributed by atoms with Gasteiger partial charge in [0.25, 0.3) is 0 Å². The Kier molecular flexibility index (Phi) is 4.97. The number of rotatable bonds is 6. The molecule has 1 unspecified atom stereocenters. The molecule has 0 aliphatic heterocycles. The largest absolute Gasteiger partial charge is 0.480 e. The van der Waals surface area contributed by atoms with Crippen LogP contribution in [0.25, 0.3) is 0 Å². The number of hydrogen-bond acceptors (Lipinski definition) is 3. The summed E-state index contributed by atoms with van der Waals surface area (Å²) in [6.07, 6.45) is 4.75. The van der Waals surface area contributed by atoms with E-state index in [0.717, 1.165) is 25.7 Å². The zero-order chi connectivity index (χ0) is 12.9. The van der Waals surface area contributed by atoms with Crippen molar-refractivity contribution in [1.82, 2.24) is 0 Å². The topological polar surface area (TPSA) is 63.6 Å². The maximum absolute atomic E-state index is 12.1. The minimum absolute atomic E-state index is 0.0565. The number of hydrogen-bond donors (Lipinski definition) is 1. The normalized spacial score (nSPS) is 19.9. The van der Waals surface area contributed by atoms with Crippen molar-refractivity contribution in [3.8, 4) is 0 Å². The summed E-state index contributed by atoms with van der Waals surface area (Å²) in [5.41, 5.74) is -1.30. The molecule has 1 rings (SSSR count). The lowest BCUT2D eigenvalue weighted by Gasteiger charge is -2.32. The second-order valence-electron chi connectivity index (χ2n) is 4.73. The zero-order valence-corrected chi connectivity index (χ0v) is 10.7. The number of ether oxygens (including phenoxy) is 1. The van der Waals surface area contributed by atoms with Crippen molar-refractivity contribution >= 4 is 11.9 Å². The van der Waals surface area contributed by atoms with Crippen molar-refractivity contribution in [2.24, 2.45) is 11.3 Å². The molecule has 0 heterocycles. The minimum atomic E-state index is -1.30. The van der Waals surface area contributed by atoms with E-state index in [1.165, 1.54) is 0 Å². The van der Waals surface area contributed by atoms with E-state index < -0.39 is 17.4 Å². The van der Waals surface area contributed by atoms with E-state index in [9.17, 15) is 14.7 Å². The van der Waals surface area contributed by atoms with Crippen LogP contribution in [0.3, 0.4) is 0 Å². The van der Waals surface area contributed by atoms with Crippen LogP contribution in [-0.2, 0) is 14.3 Å².